The first-order chi connectivity index (χ1) is 13.6. The molecule has 0 aliphatic carbocycles. The van der Waals surface area contributed by atoms with Gasteiger partial charge in [0.15, 0.2) is 5.82 Å². The van der Waals surface area contributed by atoms with Crippen molar-refractivity contribution in [3.8, 4) is 11.5 Å². The zero-order chi connectivity index (χ0) is 19.9. The van der Waals surface area contributed by atoms with Gasteiger partial charge in [-0.05, 0) is 55.5 Å². The van der Waals surface area contributed by atoms with Crippen molar-refractivity contribution in [3.05, 3.63) is 60.3 Å². The first-order valence-electron chi connectivity index (χ1n) is 8.55. The quantitative estimate of drug-likeness (QED) is 0.594. The van der Waals surface area contributed by atoms with Gasteiger partial charge < -0.3 is 25.4 Å². The van der Waals surface area contributed by atoms with Gasteiger partial charge in [-0.3, -0.25) is 0 Å². The summed E-state index contributed by atoms with van der Waals surface area (Å²) in [5, 5.41) is 16.7. The van der Waals surface area contributed by atoms with E-state index < -0.39 is 6.03 Å². The van der Waals surface area contributed by atoms with Crippen LogP contribution in [-0.2, 0) is 0 Å². The van der Waals surface area contributed by atoms with Crippen molar-refractivity contribution in [2.24, 2.45) is 0 Å². The number of benzene rings is 2. The summed E-state index contributed by atoms with van der Waals surface area (Å²) in [6.45, 7) is 1.88. The molecule has 3 aromatic rings. The summed E-state index contributed by atoms with van der Waals surface area (Å²) in [4.78, 5) is 12.3. The summed E-state index contributed by atoms with van der Waals surface area (Å²) < 4.78 is 10.4. The lowest BCUT2D eigenvalue weighted by molar-refractivity contribution is 0.262. The van der Waals surface area contributed by atoms with Crippen LogP contribution in [0, 0.1) is 6.92 Å². The molecule has 8 heteroatoms. The van der Waals surface area contributed by atoms with Crippen molar-refractivity contribution in [3.63, 3.8) is 0 Å². The Labute approximate surface area is 162 Å². The lowest BCUT2D eigenvalue weighted by Gasteiger charge is -2.13. The van der Waals surface area contributed by atoms with Crippen LogP contribution in [0.5, 0.6) is 11.5 Å². The molecule has 28 heavy (non-hydrogen) atoms. The summed E-state index contributed by atoms with van der Waals surface area (Å²) in [7, 11) is 3.10. The standard InChI is InChI=1S/C20H21N5O3/c1-13-4-11-19(25-24-13)21-14-5-7-15(8-6-14)22-20(26)23-17-12-16(27-2)9-10-18(17)28-3/h4-12H,1-3H3,(H,21,25)(H2,22,23,26). The van der Waals surface area contributed by atoms with Gasteiger partial charge in [-0.25, -0.2) is 4.79 Å². The second kappa shape index (κ2) is 8.72. The number of urea groups is 1. The summed E-state index contributed by atoms with van der Waals surface area (Å²) in [5.74, 6) is 1.80. The molecule has 8 nitrogen and oxygen atoms in total. The average Bonchev–Trinajstić information content (AvgIpc) is 2.71. The van der Waals surface area contributed by atoms with Crippen molar-refractivity contribution in [1.29, 1.82) is 0 Å². The number of ether oxygens (including phenoxy) is 2. The van der Waals surface area contributed by atoms with Gasteiger partial charge in [-0.1, -0.05) is 0 Å². The summed E-state index contributed by atoms with van der Waals surface area (Å²) in [5.41, 5.74) is 2.83. The van der Waals surface area contributed by atoms with Crippen LogP contribution in [0.2, 0.25) is 0 Å². The van der Waals surface area contributed by atoms with E-state index in [1.807, 2.05) is 31.2 Å². The van der Waals surface area contributed by atoms with Gasteiger partial charge in [0, 0.05) is 17.4 Å². The molecule has 0 radical (unpaired) electrons. The van der Waals surface area contributed by atoms with E-state index in [0.717, 1.165) is 11.4 Å². The monoisotopic (exact) mass is 379 g/mol. The van der Waals surface area contributed by atoms with E-state index in [4.69, 9.17) is 9.47 Å². The highest BCUT2D eigenvalue weighted by Crippen LogP contribution is 2.29. The first-order valence-corrected chi connectivity index (χ1v) is 8.55. The van der Waals surface area contributed by atoms with Crippen molar-refractivity contribution in [2.45, 2.75) is 6.92 Å². The molecule has 0 aliphatic heterocycles. The SMILES string of the molecule is COc1ccc(OC)c(NC(=O)Nc2ccc(Nc3ccc(C)nn3)cc2)c1. The minimum absolute atomic E-state index is 0.392. The number of methoxy groups -OCH3 is 2. The normalized spacial score (nSPS) is 10.1. The van der Waals surface area contributed by atoms with E-state index in [9.17, 15) is 4.79 Å². The van der Waals surface area contributed by atoms with Gasteiger partial charge >= 0.3 is 6.03 Å². The van der Waals surface area contributed by atoms with E-state index in [2.05, 4.69) is 26.1 Å². The number of anilines is 4. The van der Waals surface area contributed by atoms with Gasteiger partial charge in [0.2, 0.25) is 0 Å². The third kappa shape index (κ3) is 4.88. The molecule has 0 spiro atoms. The fourth-order valence-corrected chi connectivity index (χ4v) is 2.45. The minimum atomic E-state index is -0.392. The van der Waals surface area contributed by atoms with Gasteiger partial charge in [-0.2, -0.15) is 5.10 Å². The summed E-state index contributed by atoms with van der Waals surface area (Å²) >= 11 is 0. The summed E-state index contributed by atoms with van der Waals surface area (Å²) in [6, 6.07) is 15.7. The maximum atomic E-state index is 12.3. The number of aromatic nitrogens is 2. The molecule has 0 saturated heterocycles. The molecule has 0 atom stereocenters. The molecule has 2 aromatic carbocycles. The van der Waals surface area contributed by atoms with Gasteiger partial charge in [0.05, 0.1) is 25.6 Å². The molecule has 144 valence electrons. The summed E-state index contributed by atoms with van der Waals surface area (Å²) in [6.07, 6.45) is 0. The highest BCUT2D eigenvalue weighted by molar-refractivity contribution is 6.00. The van der Waals surface area contributed by atoms with Crippen molar-refractivity contribution >= 4 is 28.9 Å². The van der Waals surface area contributed by atoms with E-state index in [-0.39, 0.29) is 0 Å². The average molecular weight is 379 g/mol. The molecule has 0 saturated carbocycles. The maximum absolute atomic E-state index is 12.3. The highest BCUT2D eigenvalue weighted by Gasteiger charge is 2.09. The Kier molecular flexibility index (Phi) is 5.91. The number of nitrogens with zero attached hydrogens (tertiary/aromatic N) is 2. The lowest BCUT2D eigenvalue weighted by Crippen LogP contribution is -2.19. The van der Waals surface area contributed by atoms with E-state index in [1.54, 1.807) is 37.4 Å². The number of carbonyl (C=O) groups is 1. The topological polar surface area (TPSA) is 97.4 Å². The number of aryl methyl sites for hydroxylation is 1. The molecule has 1 aromatic heterocycles. The fraction of sp³-hybridized carbons (Fsp3) is 0.150. The third-order valence-electron chi connectivity index (χ3n) is 3.87. The Balaban J connectivity index is 1.62. The van der Waals surface area contributed by atoms with Crippen LogP contribution in [0.25, 0.3) is 0 Å². The second-order valence-corrected chi connectivity index (χ2v) is 5.91. The van der Waals surface area contributed by atoms with E-state index >= 15 is 0 Å². The number of carbonyl (C=O) groups excluding carboxylic acids is 1. The smallest absolute Gasteiger partial charge is 0.323 e. The van der Waals surface area contributed by atoms with Crippen LogP contribution in [0.1, 0.15) is 5.69 Å². The fourth-order valence-electron chi connectivity index (χ4n) is 2.45. The van der Waals surface area contributed by atoms with Crippen LogP contribution < -0.4 is 25.4 Å². The largest absolute Gasteiger partial charge is 0.497 e. The zero-order valence-corrected chi connectivity index (χ0v) is 15.8. The molecule has 0 fully saturated rings. The second-order valence-electron chi connectivity index (χ2n) is 5.91. The molecule has 0 aliphatic rings. The Hall–Kier alpha value is -3.81. The van der Waals surface area contributed by atoms with Crippen molar-refractivity contribution in [2.75, 3.05) is 30.2 Å². The number of rotatable bonds is 6. The Morgan fingerprint density at radius 2 is 1.61 bits per heavy atom. The van der Waals surface area contributed by atoms with Crippen molar-refractivity contribution < 1.29 is 14.3 Å². The van der Waals surface area contributed by atoms with Gasteiger partial charge in [0.1, 0.15) is 11.5 Å². The van der Waals surface area contributed by atoms with Crippen LogP contribution in [0.15, 0.2) is 54.6 Å². The highest BCUT2D eigenvalue weighted by atomic mass is 16.5. The maximum Gasteiger partial charge on any atom is 0.323 e. The van der Waals surface area contributed by atoms with Gasteiger partial charge in [0.25, 0.3) is 0 Å². The van der Waals surface area contributed by atoms with Crippen molar-refractivity contribution in [1.82, 2.24) is 10.2 Å². The molecule has 3 N–H and O–H groups in total. The molecular weight excluding hydrogens is 358 g/mol. The van der Waals surface area contributed by atoms with E-state index in [1.165, 1.54) is 7.11 Å². The van der Waals surface area contributed by atoms with Crippen LogP contribution >= 0.6 is 0 Å². The minimum Gasteiger partial charge on any atom is -0.497 e. The van der Waals surface area contributed by atoms with Crippen LogP contribution in [0.4, 0.5) is 27.7 Å². The molecule has 0 unspecified atom stereocenters. The number of amides is 2. The number of nitrogens with one attached hydrogen (secondary N) is 3. The van der Waals surface area contributed by atoms with Crippen LogP contribution in [-0.4, -0.2) is 30.4 Å². The Bertz CT molecular complexity index is 943. The van der Waals surface area contributed by atoms with Gasteiger partial charge in [-0.15, -0.1) is 5.10 Å². The Morgan fingerprint density at radius 1 is 0.857 bits per heavy atom. The zero-order valence-electron chi connectivity index (χ0n) is 15.8. The molecule has 1 heterocycles. The molecule has 0 bridgehead atoms. The Morgan fingerprint density at radius 3 is 2.25 bits per heavy atom. The molecule has 2 amide bonds. The molecular formula is C20H21N5O3. The predicted octanol–water partition coefficient (Wildman–Crippen LogP) is 4.19. The first kappa shape index (κ1) is 19.0. The lowest BCUT2D eigenvalue weighted by atomic mass is 10.2. The number of hydrogen-bond donors (Lipinski definition) is 3. The van der Waals surface area contributed by atoms with Crippen LogP contribution in [0.3, 0.4) is 0 Å². The third-order valence-corrected chi connectivity index (χ3v) is 3.87. The molecule has 3 rings (SSSR count). The predicted molar refractivity (Wildman–Crippen MR) is 109 cm³/mol. The number of hydrogen-bond acceptors (Lipinski definition) is 6. The van der Waals surface area contributed by atoms with E-state index in [0.29, 0.717) is 28.7 Å².